The molecule has 0 radical (unpaired) electrons. The standard InChI is InChI=1S/C17H12Cl2F3NO3/c1-9(26-16(25)10-2-4-11(18)5-3-10)15(24)23-14-7-6-12(19)8-13(14)17(20,21)22/h2-9H,1H3,(H,23,24). The molecule has 0 bridgehead atoms. The molecule has 0 aliphatic heterocycles. The van der Waals surface area contributed by atoms with Gasteiger partial charge in [0.05, 0.1) is 16.8 Å². The van der Waals surface area contributed by atoms with E-state index >= 15 is 0 Å². The Bertz CT molecular complexity index is 823. The van der Waals surface area contributed by atoms with Crippen LogP contribution >= 0.6 is 23.2 Å². The molecule has 1 unspecified atom stereocenters. The number of anilines is 1. The molecule has 1 N–H and O–H groups in total. The van der Waals surface area contributed by atoms with Gasteiger partial charge in [-0.05, 0) is 49.4 Å². The second-order valence-corrected chi connectivity index (χ2v) is 6.10. The number of amides is 1. The van der Waals surface area contributed by atoms with Crippen molar-refractivity contribution in [2.45, 2.75) is 19.2 Å². The van der Waals surface area contributed by atoms with Gasteiger partial charge in [-0.15, -0.1) is 0 Å². The van der Waals surface area contributed by atoms with Crippen molar-refractivity contribution in [1.29, 1.82) is 0 Å². The normalized spacial score (nSPS) is 12.4. The van der Waals surface area contributed by atoms with Crippen LogP contribution in [0.3, 0.4) is 0 Å². The lowest BCUT2D eigenvalue weighted by Crippen LogP contribution is -2.30. The molecular weight excluding hydrogens is 394 g/mol. The second-order valence-electron chi connectivity index (χ2n) is 5.23. The summed E-state index contributed by atoms with van der Waals surface area (Å²) in [5, 5.41) is 2.38. The van der Waals surface area contributed by atoms with Gasteiger partial charge in [-0.3, -0.25) is 4.79 Å². The number of halogens is 5. The molecule has 2 aromatic carbocycles. The monoisotopic (exact) mass is 405 g/mol. The van der Waals surface area contributed by atoms with Crippen molar-refractivity contribution in [3.05, 3.63) is 63.6 Å². The Kier molecular flexibility index (Phi) is 6.15. The molecular formula is C17H12Cl2F3NO3. The molecule has 0 saturated heterocycles. The fourth-order valence-corrected chi connectivity index (χ4v) is 2.26. The Balaban J connectivity index is 2.10. The molecule has 1 atom stereocenters. The van der Waals surface area contributed by atoms with Crippen molar-refractivity contribution in [2.75, 3.05) is 5.32 Å². The first-order valence-electron chi connectivity index (χ1n) is 7.22. The fraction of sp³-hybridized carbons (Fsp3) is 0.176. The molecule has 0 aliphatic rings. The number of benzene rings is 2. The number of esters is 1. The molecule has 0 fully saturated rings. The van der Waals surface area contributed by atoms with Crippen LogP contribution in [-0.4, -0.2) is 18.0 Å². The summed E-state index contributed by atoms with van der Waals surface area (Å²) in [6.45, 7) is 1.24. The third-order valence-corrected chi connectivity index (χ3v) is 3.76. The van der Waals surface area contributed by atoms with Gasteiger partial charge in [0.2, 0.25) is 0 Å². The minimum Gasteiger partial charge on any atom is -0.449 e. The SMILES string of the molecule is CC(OC(=O)c1ccc(Cl)cc1)C(=O)Nc1ccc(Cl)cc1C(F)(F)F. The molecule has 1 amide bonds. The summed E-state index contributed by atoms with van der Waals surface area (Å²) >= 11 is 11.3. The zero-order valence-electron chi connectivity index (χ0n) is 13.2. The average Bonchev–Trinajstić information content (AvgIpc) is 2.56. The number of nitrogens with one attached hydrogen (secondary N) is 1. The van der Waals surface area contributed by atoms with Crippen LogP contribution in [0.1, 0.15) is 22.8 Å². The van der Waals surface area contributed by atoms with E-state index in [9.17, 15) is 22.8 Å². The van der Waals surface area contributed by atoms with E-state index < -0.39 is 35.4 Å². The van der Waals surface area contributed by atoms with Crippen LogP contribution in [0.15, 0.2) is 42.5 Å². The number of carbonyl (C=O) groups excluding carboxylic acids is 2. The first kappa shape index (κ1) is 20.1. The Morgan fingerprint density at radius 2 is 1.62 bits per heavy atom. The van der Waals surface area contributed by atoms with Gasteiger partial charge in [-0.2, -0.15) is 13.2 Å². The maximum atomic E-state index is 13.0. The Hall–Kier alpha value is -2.25. The van der Waals surface area contributed by atoms with Gasteiger partial charge in [0.25, 0.3) is 5.91 Å². The number of carbonyl (C=O) groups is 2. The number of hydrogen-bond acceptors (Lipinski definition) is 3. The molecule has 2 aromatic rings. The Morgan fingerprint density at radius 1 is 1.04 bits per heavy atom. The molecule has 4 nitrogen and oxygen atoms in total. The van der Waals surface area contributed by atoms with E-state index in [-0.39, 0.29) is 10.6 Å². The maximum Gasteiger partial charge on any atom is 0.418 e. The van der Waals surface area contributed by atoms with Crippen LogP contribution in [0, 0.1) is 0 Å². The molecule has 26 heavy (non-hydrogen) atoms. The van der Waals surface area contributed by atoms with Crippen molar-refractivity contribution in [3.8, 4) is 0 Å². The largest absolute Gasteiger partial charge is 0.449 e. The van der Waals surface area contributed by atoms with Crippen molar-refractivity contribution >= 4 is 40.8 Å². The molecule has 0 heterocycles. The number of ether oxygens (including phenoxy) is 1. The van der Waals surface area contributed by atoms with Gasteiger partial charge < -0.3 is 10.1 Å². The highest BCUT2D eigenvalue weighted by Gasteiger charge is 2.34. The van der Waals surface area contributed by atoms with Crippen LogP contribution in [0.2, 0.25) is 10.0 Å². The summed E-state index contributed by atoms with van der Waals surface area (Å²) in [5.41, 5.74) is -1.44. The zero-order valence-corrected chi connectivity index (χ0v) is 14.7. The van der Waals surface area contributed by atoms with Gasteiger partial charge in [-0.25, -0.2) is 4.79 Å². The van der Waals surface area contributed by atoms with Gasteiger partial charge in [0.1, 0.15) is 0 Å². The lowest BCUT2D eigenvalue weighted by molar-refractivity contribution is -0.137. The first-order chi connectivity index (χ1) is 12.1. The number of alkyl halides is 3. The van der Waals surface area contributed by atoms with Crippen LogP contribution < -0.4 is 5.32 Å². The van der Waals surface area contributed by atoms with Crippen molar-refractivity contribution in [3.63, 3.8) is 0 Å². The summed E-state index contributed by atoms with van der Waals surface area (Å²) < 4.78 is 44.1. The van der Waals surface area contributed by atoms with Crippen LogP contribution in [-0.2, 0) is 15.7 Å². The smallest absolute Gasteiger partial charge is 0.418 e. The highest BCUT2D eigenvalue weighted by atomic mass is 35.5. The summed E-state index contributed by atoms with van der Waals surface area (Å²) in [4.78, 5) is 24.0. The lowest BCUT2D eigenvalue weighted by atomic mass is 10.1. The third-order valence-electron chi connectivity index (χ3n) is 3.28. The molecule has 2 rings (SSSR count). The number of rotatable bonds is 4. The highest BCUT2D eigenvalue weighted by molar-refractivity contribution is 6.31. The minimum atomic E-state index is -4.71. The minimum absolute atomic E-state index is 0.127. The second kappa shape index (κ2) is 7.97. The van der Waals surface area contributed by atoms with E-state index in [0.717, 1.165) is 6.07 Å². The Labute approximate surface area is 156 Å². The average molecular weight is 406 g/mol. The molecule has 0 aromatic heterocycles. The van der Waals surface area contributed by atoms with E-state index in [0.29, 0.717) is 11.1 Å². The van der Waals surface area contributed by atoms with Gasteiger partial charge in [0.15, 0.2) is 6.10 Å². The van der Waals surface area contributed by atoms with Crippen LogP contribution in [0.5, 0.6) is 0 Å². The van der Waals surface area contributed by atoms with E-state index in [1.165, 1.54) is 37.3 Å². The van der Waals surface area contributed by atoms with Gasteiger partial charge in [-0.1, -0.05) is 23.2 Å². The molecule has 138 valence electrons. The summed E-state index contributed by atoms with van der Waals surface area (Å²) in [6, 6.07) is 8.65. The van der Waals surface area contributed by atoms with Crippen molar-refractivity contribution in [1.82, 2.24) is 0 Å². The third kappa shape index (κ3) is 5.12. The van der Waals surface area contributed by atoms with E-state index in [1.807, 2.05) is 0 Å². The predicted octanol–water partition coefficient (Wildman–Crippen LogP) is 5.20. The topological polar surface area (TPSA) is 55.4 Å². The molecule has 9 heteroatoms. The zero-order chi connectivity index (χ0) is 19.5. The fourth-order valence-electron chi connectivity index (χ4n) is 1.96. The van der Waals surface area contributed by atoms with Gasteiger partial charge >= 0.3 is 12.1 Å². The van der Waals surface area contributed by atoms with Crippen molar-refractivity contribution in [2.24, 2.45) is 0 Å². The quantitative estimate of drug-likeness (QED) is 0.711. The van der Waals surface area contributed by atoms with E-state index in [2.05, 4.69) is 5.32 Å². The maximum absolute atomic E-state index is 13.0. The number of hydrogen-bond donors (Lipinski definition) is 1. The molecule has 0 saturated carbocycles. The molecule has 0 aliphatic carbocycles. The Morgan fingerprint density at radius 3 is 2.19 bits per heavy atom. The summed E-state index contributed by atoms with van der Waals surface area (Å²) in [6.07, 6.45) is -6.04. The predicted molar refractivity (Wildman–Crippen MR) is 91.4 cm³/mol. The summed E-state index contributed by atoms with van der Waals surface area (Å²) in [5.74, 6) is -1.73. The van der Waals surface area contributed by atoms with Crippen LogP contribution in [0.25, 0.3) is 0 Å². The van der Waals surface area contributed by atoms with Crippen molar-refractivity contribution < 1.29 is 27.5 Å². The first-order valence-corrected chi connectivity index (χ1v) is 7.97. The van der Waals surface area contributed by atoms with E-state index in [1.54, 1.807) is 0 Å². The van der Waals surface area contributed by atoms with E-state index in [4.69, 9.17) is 27.9 Å². The van der Waals surface area contributed by atoms with Gasteiger partial charge in [0, 0.05) is 10.0 Å². The summed E-state index contributed by atoms with van der Waals surface area (Å²) in [7, 11) is 0. The lowest BCUT2D eigenvalue weighted by Gasteiger charge is -2.17. The van der Waals surface area contributed by atoms with Crippen LogP contribution in [0.4, 0.5) is 18.9 Å². The molecule has 0 spiro atoms. The highest BCUT2D eigenvalue weighted by Crippen LogP contribution is 2.36.